The number of benzene rings is 1. The molecule has 0 bridgehead atoms. The highest BCUT2D eigenvalue weighted by Gasteiger charge is 2.18. The van der Waals surface area contributed by atoms with Crippen LogP contribution in [0.5, 0.6) is 0 Å². The molecule has 1 aromatic rings. The molecule has 0 radical (unpaired) electrons. The average molecular weight is 513 g/mol. The number of aliphatic hydroxyl groups is 3. The lowest BCUT2D eigenvalue weighted by molar-refractivity contribution is 0.277. The third-order valence-corrected chi connectivity index (χ3v) is 6.19. The molecule has 0 atom stereocenters. The van der Waals surface area contributed by atoms with E-state index < -0.39 is 0 Å². The summed E-state index contributed by atoms with van der Waals surface area (Å²) in [7, 11) is 5.25. The molecule has 4 nitrogen and oxygen atoms in total. The number of allylic oxidation sites excluding steroid dienone is 6. The van der Waals surface area contributed by atoms with Crippen LogP contribution in [0.3, 0.4) is 0 Å². The average Bonchev–Trinajstić information content (AvgIpc) is 3.15. The summed E-state index contributed by atoms with van der Waals surface area (Å²) in [6.07, 6.45) is 15.2. The van der Waals surface area contributed by atoms with E-state index >= 15 is 0 Å². The molecule has 6 heteroatoms. The lowest BCUT2D eigenvalue weighted by atomic mass is 10.0. The van der Waals surface area contributed by atoms with Gasteiger partial charge < -0.3 is 20.1 Å². The van der Waals surface area contributed by atoms with Crippen molar-refractivity contribution in [2.45, 2.75) is 32.1 Å². The van der Waals surface area contributed by atoms with Gasteiger partial charge in [-0.2, -0.15) is 0 Å². The number of aliphatic hydroxyl groups excluding tert-OH is 3. The van der Waals surface area contributed by atoms with Gasteiger partial charge in [0.2, 0.25) is 0 Å². The number of thioether (sulfide) groups is 2. The standard InChI is InChI=1S/C18H22S2.C3H6O.C3H6.C2H6O.2CH4O/c1-18(2,15-20-17-12-8-5-9-13-17)14-19-16-10-6-3-4-7-11-16;1-2-3-4;2*1-3-2;2*1-2/h3-6,8-13H,7,14-15H2,1-2H3;2,4H,1,3H2;3H,1H2,2H3;1-2H3;2*2H,1H3. The molecular formula is C28H48O4S2. The van der Waals surface area contributed by atoms with Crippen LogP contribution in [0.15, 0.2) is 95.8 Å². The zero-order valence-corrected chi connectivity index (χ0v) is 23.9. The summed E-state index contributed by atoms with van der Waals surface area (Å²) in [5.74, 6) is 2.31. The van der Waals surface area contributed by atoms with Crippen LogP contribution >= 0.6 is 23.5 Å². The molecule has 0 saturated carbocycles. The normalized spacial score (nSPS) is 10.8. The van der Waals surface area contributed by atoms with Gasteiger partial charge in [0.25, 0.3) is 0 Å². The van der Waals surface area contributed by atoms with Crippen molar-refractivity contribution < 1.29 is 20.1 Å². The lowest BCUT2D eigenvalue weighted by Gasteiger charge is -2.24. The van der Waals surface area contributed by atoms with E-state index in [9.17, 15) is 0 Å². The number of hydrogen-bond donors (Lipinski definition) is 3. The van der Waals surface area contributed by atoms with Crippen LogP contribution in [-0.2, 0) is 4.74 Å². The van der Waals surface area contributed by atoms with E-state index in [-0.39, 0.29) is 6.61 Å². The van der Waals surface area contributed by atoms with Gasteiger partial charge in [-0.05, 0) is 37.0 Å². The van der Waals surface area contributed by atoms with Gasteiger partial charge in [0, 0.05) is 49.7 Å². The van der Waals surface area contributed by atoms with Crippen LogP contribution in [-0.4, -0.2) is 61.9 Å². The highest BCUT2D eigenvalue weighted by atomic mass is 32.2. The summed E-state index contributed by atoms with van der Waals surface area (Å²) in [6.45, 7) is 13.3. The fourth-order valence-electron chi connectivity index (χ4n) is 1.78. The van der Waals surface area contributed by atoms with Crippen molar-refractivity contribution in [1.82, 2.24) is 0 Å². The molecule has 0 heterocycles. The second-order valence-electron chi connectivity index (χ2n) is 6.97. The fraction of sp³-hybridized carbons (Fsp3) is 0.429. The maximum atomic E-state index is 7.76. The molecule has 0 spiro atoms. The van der Waals surface area contributed by atoms with Crippen molar-refractivity contribution in [1.29, 1.82) is 0 Å². The smallest absolute Gasteiger partial charge is 0.0609 e. The quantitative estimate of drug-likeness (QED) is 0.276. The zero-order chi connectivity index (χ0) is 27.1. The van der Waals surface area contributed by atoms with E-state index in [1.807, 2.05) is 30.4 Å². The van der Waals surface area contributed by atoms with E-state index in [1.165, 1.54) is 15.9 Å². The summed E-state index contributed by atoms with van der Waals surface area (Å²) in [6, 6.07) is 10.7. The minimum absolute atomic E-state index is 0.0833. The van der Waals surface area contributed by atoms with Gasteiger partial charge in [0.1, 0.15) is 0 Å². The Morgan fingerprint density at radius 1 is 0.971 bits per heavy atom. The molecule has 2 rings (SSSR count). The van der Waals surface area contributed by atoms with Gasteiger partial charge in [0.15, 0.2) is 0 Å². The third-order valence-electron chi connectivity index (χ3n) is 3.09. The second-order valence-corrected chi connectivity index (χ2v) is 9.07. The Hall–Kier alpha value is -1.54. The highest BCUT2D eigenvalue weighted by Crippen LogP contribution is 2.33. The summed E-state index contributed by atoms with van der Waals surface area (Å²) in [4.78, 5) is 2.76. The molecule has 0 fully saturated rings. The second kappa shape index (κ2) is 33.6. The Morgan fingerprint density at radius 3 is 1.91 bits per heavy atom. The Morgan fingerprint density at radius 2 is 1.44 bits per heavy atom. The van der Waals surface area contributed by atoms with Crippen molar-refractivity contribution in [3.8, 4) is 0 Å². The predicted molar refractivity (Wildman–Crippen MR) is 157 cm³/mol. The van der Waals surface area contributed by atoms with Crippen LogP contribution in [0.4, 0.5) is 0 Å². The molecule has 0 aromatic heterocycles. The van der Waals surface area contributed by atoms with Crippen LogP contribution in [0.25, 0.3) is 0 Å². The van der Waals surface area contributed by atoms with Crippen LogP contribution in [0, 0.1) is 5.41 Å². The minimum Gasteiger partial charge on any atom is -0.400 e. The van der Waals surface area contributed by atoms with Crippen molar-refractivity contribution >= 4 is 23.5 Å². The summed E-state index contributed by atoms with van der Waals surface area (Å²) in [5.41, 5.74) is 0.333. The van der Waals surface area contributed by atoms with Crippen LogP contribution < -0.4 is 0 Å². The maximum Gasteiger partial charge on any atom is 0.0609 e. The predicted octanol–water partition coefficient (Wildman–Crippen LogP) is 6.77. The topological polar surface area (TPSA) is 69.9 Å². The molecule has 196 valence electrons. The maximum absolute atomic E-state index is 7.76. The molecule has 0 saturated heterocycles. The summed E-state index contributed by atoms with van der Waals surface area (Å²) >= 11 is 3.93. The molecule has 34 heavy (non-hydrogen) atoms. The fourth-order valence-corrected chi connectivity index (χ4v) is 3.97. The first kappa shape index (κ1) is 39.7. The summed E-state index contributed by atoms with van der Waals surface area (Å²) in [5, 5.41) is 21.8. The van der Waals surface area contributed by atoms with Gasteiger partial charge >= 0.3 is 0 Å². The van der Waals surface area contributed by atoms with E-state index in [1.54, 1.807) is 20.3 Å². The third kappa shape index (κ3) is 32.6. The SMILES string of the molecule is C=CC.C=CCO.CC(C)(CSC1=CCC=CC=C1)CSc1ccccc1.CO.CO.COC. The largest absolute Gasteiger partial charge is 0.400 e. The molecule has 1 aliphatic carbocycles. The first-order chi connectivity index (χ1) is 16.4. The van der Waals surface area contributed by atoms with Gasteiger partial charge in [-0.15, -0.1) is 36.7 Å². The van der Waals surface area contributed by atoms with Crippen LogP contribution in [0.2, 0.25) is 0 Å². The van der Waals surface area contributed by atoms with Gasteiger partial charge in [-0.1, -0.05) is 68.5 Å². The molecule has 1 aromatic carbocycles. The molecule has 0 aliphatic heterocycles. The van der Waals surface area contributed by atoms with E-state index in [0.29, 0.717) is 5.41 Å². The minimum atomic E-state index is 0.0833. The monoisotopic (exact) mass is 512 g/mol. The van der Waals surface area contributed by atoms with E-state index in [4.69, 9.17) is 15.3 Å². The van der Waals surface area contributed by atoms with Gasteiger partial charge in [-0.25, -0.2) is 0 Å². The number of ether oxygens (including phenoxy) is 1. The number of methoxy groups -OCH3 is 1. The Balaban J connectivity index is -0.000000269. The zero-order valence-electron chi connectivity index (χ0n) is 22.2. The lowest BCUT2D eigenvalue weighted by Crippen LogP contribution is -2.18. The van der Waals surface area contributed by atoms with Crippen molar-refractivity contribution in [2.24, 2.45) is 5.41 Å². The Kier molecular flexibility index (Phi) is 39.2. The molecule has 3 N–H and O–H groups in total. The Labute approximate surface area is 218 Å². The van der Waals surface area contributed by atoms with E-state index in [2.05, 4.69) is 92.5 Å². The first-order valence-corrected chi connectivity index (χ1v) is 12.8. The summed E-state index contributed by atoms with van der Waals surface area (Å²) < 4.78 is 4.25. The molecule has 0 unspecified atom stereocenters. The van der Waals surface area contributed by atoms with E-state index in [0.717, 1.165) is 32.1 Å². The van der Waals surface area contributed by atoms with Crippen molar-refractivity contribution in [2.75, 3.05) is 46.6 Å². The van der Waals surface area contributed by atoms with Crippen molar-refractivity contribution in [3.63, 3.8) is 0 Å². The molecule has 1 aliphatic rings. The van der Waals surface area contributed by atoms with Gasteiger partial charge in [-0.3, -0.25) is 0 Å². The Bertz CT molecular complexity index is 625. The highest BCUT2D eigenvalue weighted by molar-refractivity contribution is 8.03. The number of rotatable bonds is 7. The first-order valence-electron chi connectivity index (χ1n) is 10.8. The molecule has 0 amide bonds. The number of hydrogen-bond acceptors (Lipinski definition) is 6. The molecular weight excluding hydrogens is 464 g/mol. The van der Waals surface area contributed by atoms with Crippen LogP contribution in [0.1, 0.15) is 27.2 Å². The van der Waals surface area contributed by atoms with Gasteiger partial charge in [0.05, 0.1) is 6.61 Å². The van der Waals surface area contributed by atoms with Crippen molar-refractivity contribution in [3.05, 3.63) is 90.9 Å².